The van der Waals surface area contributed by atoms with Gasteiger partial charge < -0.3 is 9.47 Å². The Kier molecular flexibility index (Phi) is 6.28. The molecule has 0 atom stereocenters. The van der Waals surface area contributed by atoms with Crippen LogP contribution in [0.2, 0.25) is 0 Å². The summed E-state index contributed by atoms with van der Waals surface area (Å²) in [6.07, 6.45) is 1.65. The number of amides is 2. The van der Waals surface area contributed by atoms with Crippen LogP contribution in [0, 0.1) is 0 Å². The van der Waals surface area contributed by atoms with Gasteiger partial charge in [0.05, 0.1) is 18.1 Å². The highest BCUT2D eigenvalue weighted by molar-refractivity contribution is 8.18. The lowest BCUT2D eigenvalue weighted by atomic mass is 10.0. The second-order valence-electron chi connectivity index (χ2n) is 7.14. The summed E-state index contributed by atoms with van der Waals surface area (Å²) in [6.45, 7) is 3.73. The topological polar surface area (TPSA) is 72.9 Å². The molecule has 4 rings (SSSR count). The van der Waals surface area contributed by atoms with E-state index in [0.29, 0.717) is 28.6 Å². The van der Waals surface area contributed by atoms with Gasteiger partial charge in [-0.3, -0.25) is 19.3 Å². The molecule has 0 aliphatic carbocycles. The molecule has 1 aliphatic rings. The van der Waals surface area contributed by atoms with Crippen LogP contribution in [0.25, 0.3) is 16.8 Å². The van der Waals surface area contributed by atoms with Crippen LogP contribution in [0.1, 0.15) is 25.0 Å². The molecule has 6 nitrogen and oxygen atoms in total. The summed E-state index contributed by atoms with van der Waals surface area (Å²) < 4.78 is 10.7. The van der Waals surface area contributed by atoms with E-state index in [2.05, 4.69) is 0 Å². The number of nitrogens with zero attached hydrogens (tertiary/aromatic N) is 1. The number of esters is 1. The fraction of sp³-hybridized carbons (Fsp3) is 0.160. The number of benzene rings is 3. The molecular weight excluding hydrogens is 426 g/mol. The smallest absolute Gasteiger partial charge is 0.308 e. The fourth-order valence-electron chi connectivity index (χ4n) is 3.51. The maximum Gasteiger partial charge on any atom is 0.308 e. The molecule has 2 amide bonds. The van der Waals surface area contributed by atoms with E-state index in [1.165, 1.54) is 11.8 Å². The van der Waals surface area contributed by atoms with Crippen LogP contribution < -0.4 is 9.47 Å². The van der Waals surface area contributed by atoms with E-state index in [1.54, 1.807) is 24.3 Å². The van der Waals surface area contributed by atoms with Crippen molar-refractivity contribution in [2.24, 2.45) is 0 Å². The van der Waals surface area contributed by atoms with Crippen LogP contribution in [0.15, 0.2) is 65.6 Å². The predicted molar refractivity (Wildman–Crippen MR) is 124 cm³/mol. The van der Waals surface area contributed by atoms with Gasteiger partial charge in [-0.25, -0.2) is 0 Å². The van der Waals surface area contributed by atoms with E-state index in [4.69, 9.17) is 9.47 Å². The lowest BCUT2D eigenvalue weighted by Crippen LogP contribution is -2.27. The first-order valence-electron chi connectivity index (χ1n) is 10.1. The quantitative estimate of drug-likeness (QED) is 0.286. The van der Waals surface area contributed by atoms with Gasteiger partial charge in [0, 0.05) is 6.92 Å². The monoisotopic (exact) mass is 447 g/mol. The molecule has 0 saturated carbocycles. The van der Waals surface area contributed by atoms with Crippen molar-refractivity contribution in [3.05, 3.63) is 76.7 Å². The summed E-state index contributed by atoms with van der Waals surface area (Å²) in [5.41, 5.74) is 1.58. The Morgan fingerprint density at radius 1 is 1.03 bits per heavy atom. The minimum absolute atomic E-state index is 0.207. The van der Waals surface area contributed by atoms with Crippen molar-refractivity contribution in [1.29, 1.82) is 0 Å². The fourth-order valence-corrected chi connectivity index (χ4v) is 4.35. The first kappa shape index (κ1) is 21.6. The van der Waals surface area contributed by atoms with Gasteiger partial charge in [0.1, 0.15) is 0 Å². The zero-order valence-electron chi connectivity index (χ0n) is 17.7. The lowest BCUT2D eigenvalue weighted by molar-refractivity contribution is -0.132. The number of imide groups is 1. The summed E-state index contributed by atoms with van der Waals surface area (Å²) in [5.74, 6) is -0.0878. The molecular formula is C25H21NO5S. The van der Waals surface area contributed by atoms with Crippen molar-refractivity contribution in [3.63, 3.8) is 0 Å². The Balaban J connectivity index is 1.59. The second kappa shape index (κ2) is 9.28. The molecule has 0 radical (unpaired) electrons. The van der Waals surface area contributed by atoms with Crippen LogP contribution in [-0.4, -0.2) is 28.6 Å². The molecule has 0 unspecified atom stereocenters. The molecule has 3 aromatic rings. The number of rotatable bonds is 6. The van der Waals surface area contributed by atoms with Gasteiger partial charge in [-0.15, -0.1) is 0 Å². The number of carbonyl (C=O) groups excluding carboxylic acids is 3. The van der Waals surface area contributed by atoms with Gasteiger partial charge in [0.15, 0.2) is 11.5 Å². The zero-order valence-corrected chi connectivity index (χ0v) is 18.5. The summed E-state index contributed by atoms with van der Waals surface area (Å²) in [4.78, 5) is 38.5. The van der Waals surface area contributed by atoms with Crippen molar-refractivity contribution in [3.8, 4) is 11.5 Å². The molecule has 0 N–H and O–H groups in total. The van der Waals surface area contributed by atoms with Gasteiger partial charge in [0.2, 0.25) is 0 Å². The van der Waals surface area contributed by atoms with Crippen molar-refractivity contribution in [2.75, 3.05) is 6.61 Å². The molecule has 0 bridgehead atoms. The molecule has 32 heavy (non-hydrogen) atoms. The van der Waals surface area contributed by atoms with Crippen molar-refractivity contribution in [1.82, 2.24) is 4.90 Å². The predicted octanol–water partition coefficient (Wildman–Crippen LogP) is 5.40. The standard InChI is InChI=1S/C25H21NO5S/c1-3-30-22-13-17(11-12-21(22)31-16(2)27)14-23-24(28)26(25(29)32-23)15-19-9-6-8-18-7-4-5-10-20(18)19/h4-14H,3,15H2,1-2H3/b23-14-. The first-order valence-corrected chi connectivity index (χ1v) is 10.9. The summed E-state index contributed by atoms with van der Waals surface area (Å²) in [7, 11) is 0. The largest absolute Gasteiger partial charge is 0.490 e. The van der Waals surface area contributed by atoms with Crippen LogP contribution in [0.5, 0.6) is 11.5 Å². The summed E-state index contributed by atoms with van der Waals surface area (Å²) in [6, 6.07) is 18.7. The minimum Gasteiger partial charge on any atom is -0.490 e. The molecule has 162 valence electrons. The van der Waals surface area contributed by atoms with Gasteiger partial charge in [0.25, 0.3) is 11.1 Å². The molecule has 1 saturated heterocycles. The normalized spacial score (nSPS) is 14.9. The highest BCUT2D eigenvalue weighted by Gasteiger charge is 2.35. The first-order chi connectivity index (χ1) is 15.5. The van der Waals surface area contributed by atoms with Crippen molar-refractivity contribution in [2.45, 2.75) is 20.4 Å². The number of hydrogen-bond acceptors (Lipinski definition) is 6. The Hall–Kier alpha value is -3.58. The van der Waals surface area contributed by atoms with Gasteiger partial charge in [-0.05, 0) is 58.8 Å². The number of thioether (sulfide) groups is 1. The van der Waals surface area contributed by atoms with Crippen LogP contribution in [0.3, 0.4) is 0 Å². The maximum atomic E-state index is 13.0. The lowest BCUT2D eigenvalue weighted by Gasteiger charge is -2.14. The van der Waals surface area contributed by atoms with E-state index < -0.39 is 5.97 Å². The van der Waals surface area contributed by atoms with E-state index in [1.807, 2.05) is 49.4 Å². The summed E-state index contributed by atoms with van der Waals surface area (Å²) >= 11 is 0.908. The minimum atomic E-state index is -0.451. The number of fused-ring (bicyclic) bond motifs is 1. The number of hydrogen-bond donors (Lipinski definition) is 0. The SMILES string of the molecule is CCOc1cc(/C=C2\SC(=O)N(Cc3cccc4ccccc34)C2=O)ccc1OC(C)=O. The third-order valence-electron chi connectivity index (χ3n) is 4.90. The van der Waals surface area contributed by atoms with Crippen LogP contribution in [-0.2, 0) is 16.1 Å². The van der Waals surface area contributed by atoms with Crippen molar-refractivity contribution < 1.29 is 23.9 Å². The molecule has 1 fully saturated rings. The van der Waals surface area contributed by atoms with Gasteiger partial charge >= 0.3 is 5.97 Å². The molecule has 0 spiro atoms. The molecule has 0 aromatic heterocycles. The van der Waals surface area contributed by atoms with Gasteiger partial charge in [-0.1, -0.05) is 48.5 Å². The van der Waals surface area contributed by atoms with E-state index >= 15 is 0 Å². The van der Waals surface area contributed by atoms with E-state index in [0.717, 1.165) is 28.1 Å². The van der Waals surface area contributed by atoms with E-state index in [9.17, 15) is 14.4 Å². The Bertz CT molecular complexity index is 1240. The zero-order chi connectivity index (χ0) is 22.7. The Morgan fingerprint density at radius 3 is 2.59 bits per heavy atom. The highest BCUT2D eigenvalue weighted by Crippen LogP contribution is 2.36. The molecule has 1 heterocycles. The second-order valence-corrected chi connectivity index (χ2v) is 8.13. The van der Waals surface area contributed by atoms with E-state index in [-0.39, 0.29) is 17.7 Å². The average Bonchev–Trinajstić information content (AvgIpc) is 3.03. The third kappa shape index (κ3) is 4.53. The number of ether oxygens (including phenoxy) is 2. The molecule has 1 aliphatic heterocycles. The maximum absolute atomic E-state index is 13.0. The average molecular weight is 448 g/mol. The molecule has 3 aromatic carbocycles. The Morgan fingerprint density at radius 2 is 1.81 bits per heavy atom. The molecule has 7 heteroatoms. The number of carbonyl (C=O) groups is 3. The van der Waals surface area contributed by atoms with Crippen LogP contribution in [0.4, 0.5) is 4.79 Å². The third-order valence-corrected chi connectivity index (χ3v) is 5.81. The van der Waals surface area contributed by atoms with Crippen LogP contribution >= 0.6 is 11.8 Å². The van der Waals surface area contributed by atoms with Crippen molar-refractivity contribution >= 4 is 45.7 Å². The Labute approximate surface area is 189 Å². The highest BCUT2D eigenvalue weighted by atomic mass is 32.2. The van der Waals surface area contributed by atoms with Gasteiger partial charge in [-0.2, -0.15) is 0 Å². The summed E-state index contributed by atoms with van der Waals surface area (Å²) in [5, 5.41) is 1.76.